The third-order valence-corrected chi connectivity index (χ3v) is 11.1. The second-order valence-electron chi connectivity index (χ2n) is 12.0. The van der Waals surface area contributed by atoms with Gasteiger partial charge in [0.2, 0.25) is 0 Å². The summed E-state index contributed by atoms with van der Waals surface area (Å²) in [5, 5.41) is 0. The number of esters is 2. The number of ether oxygens (including phenoxy) is 4. The predicted molar refractivity (Wildman–Crippen MR) is 174 cm³/mol. The van der Waals surface area contributed by atoms with Gasteiger partial charge in [-0.3, -0.25) is 0 Å². The van der Waals surface area contributed by atoms with Crippen molar-refractivity contribution in [2.45, 2.75) is 127 Å². The van der Waals surface area contributed by atoms with Gasteiger partial charge in [0.05, 0.1) is 0 Å². The summed E-state index contributed by atoms with van der Waals surface area (Å²) in [5.41, 5.74) is 0. The second-order valence-corrected chi connectivity index (χ2v) is 14.7. The van der Waals surface area contributed by atoms with Crippen molar-refractivity contribution in [3.63, 3.8) is 0 Å². The monoisotopic (exact) mass is 681 g/mol. The summed E-state index contributed by atoms with van der Waals surface area (Å²) in [6.45, 7) is 1.88. The topological polar surface area (TPSA) is 88.1 Å². The van der Waals surface area contributed by atoms with Crippen molar-refractivity contribution in [3.8, 4) is 0 Å². The molecule has 0 radical (unpaired) electrons. The summed E-state index contributed by atoms with van der Waals surface area (Å²) in [4.78, 5) is 37.7. The molecule has 0 bridgehead atoms. The first-order valence-electron chi connectivity index (χ1n) is 18.0. The van der Waals surface area contributed by atoms with E-state index in [4.69, 9.17) is 23.1 Å². The van der Waals surface area contributed by atoms with Crippen LogP contribution in [0, 0.1) is 17.8 Å². The molecule has 1 aromatic carbocycles. The van der Waals surface area contributed by atoms with E-state index >= 15 is 0 Å². The molecule has 1 heterocycles. The van der Waals surface area contributed by atoms with Crippen molar-refractivity contribution >= 4 is 37.1 Å². The van der Waals surface area contributed by atoms with Gasteiger partial charge in [-0.15, -0.1) is 0 Å². The molecule has 7 atom stereocenters. The molecule has 0 N–H and O–H groups in total. The average molecular weight is 681 g/mol. The van der Waals surface area contributed by atoms with Crippen LogP contribution < -0.4 is 4.46 Å². The van der Waals surface area contributed by atoms with Crippen LogP contribution in [0.15, 0.2) is 42.5 Å². The molecular formula is C36H54O7Se. The van der Waals surface area contributed by atoms with Gasteiger partial charge in [0.1, 0.15) is 0 Å². The van der Waals surface area contributed by atoms with Gasteiger partial charge in [-0.1, -0.05) is 33.0 Å². The molecule has 1 saturated carbocycles. The number of carbonyl (C=O) groups excluding carboxylic acids is 3. The number of unbranched alkanes of at least 4 members (excludes halogenated alkanes) is 3. The number of allylic oxidation sites excluding steroid dienone is 1. The van der Waals surface area contributed by atoms with Crippen LogP contribution in [0.3, 0.4) is 0 Å². The molecular weight excluding hydrogens is 623 g/mol. The molecule has 3 rings (SSSR count). The number of carbonyl (C=O) groups is 3. The van der Waals surface area contributed by atoms with E-state index in [0.29, 0.717) is 19.4 Å². The Hall–Kier alpha value is -1.99. The van der Waals surface area contributed by atoms with Crippen molar-refractivity contribution in [1.82, 2.24) is 0 Å². The number of rotatable bonds is 19. The van der Waals surface area contributed by atoms with Crippen molar-refractivity contribution in [1.29, 1.82) is 0 Å². The Kier molecular flexibility index (Phi) is 14.7. The molecule has 1 saturated heterocycles. The molecule has 246 valence electrons. The summed E-state index contributed by atoms with van der Waals surface area (Å²) in [5.74, 6) is -1.67. The van der Waals surface area contributed by atoms with E-state index in [2.05, 4.69) is 12.1 Å². The quantitative estimate of drug-likeness (QED) is 0.0692. The van der Waals surface area contributed by atoms with Crippen LogP contribution >= 0.6 is 0 Å². The Morgan fingerprint density at radius 1 is 1.09 bits per heavy atom. The molecule has 8 heteroatoms. The second kappa shape index (κ2) is 20.2. The molecule has 1 aromatic rings. The van der Waals surface area contributed by atoms with Gasteiger partial charge in [0, 0.05) is 10.7 Å². The summed E-state index contributed by atoms with van der Waals surface area (Å²) in [7, 11) is 1.44. The Morgan fingerprint density at radius 2 is 1.91 bits per heavy atom. The molecule has 0 spiro atoms. The molecule has 2 aliphatic rings. The van der Waals surface area contributed by atoms with Crippen LogP contribution in [-0.2, 0) is 33.3 Å². The van der Waals surface area contributed by atoms with Gasteiger partial charge in [-0.2, -0.15) is 0 Å². The van der Waals surface area contributed by atoms with E-state index in [1.54, 1.807) is 0 Å². The van der Waals surface area contributed by atoms with Crippen LogP contribution in [0.25, 0.3) is 0 Å². The first-order chi connectivity index (χ1) is 22.5. The zero-order valence-corrected chi connectivity index (χ0v) is 28.5. The molecule has 44 heavy (non-hydrogen) atoms. The van der Waals surface area contributed by atoms with Gasteiger partial charge < -0.3 is 0 Å². The third kappa shape index (κ3) is 12.8. The fourth-order valence-corrected chi connectivity index (χ4v) is 8.58. The fraction of sp³-hybridized carbons (Fsp3) is 0.694. The van der Waals surface area contributed by atoms with E-state index in [0.717, 1.165) is 64.2 Å². The number of ketones is 1. The van der Waals surface area contributed by atoms with Crippen LogP contribution in [-0.4, -0.2) is 64.9 Å². The molecule has 0 aromatic heterocycles. The number of hydrogen-bond acceptors (Lipinski definition) is 7. The van der Waals surface area contributed by atoms with Gasteiger partial charge in [0.15, 0.2) is 0 Å². The maximum absolute atomic E-state index is 13.1. The summed E-state index contributed by atoms with van der Waals surface area (Å²) in [6, 6.07) is 10.0. The normalized spacial score (nSPS) is 26.3. The fourth-order valence-electron chi connectivity index (χ4n) is 6.23. The molecule has 1 aliphatic heterocycles. The van der Waals surface area contributed by atoms with Gasteiger partial charge in [-0.25, -0.2) is 0 Å². The molecule has 2 fully saturated rings. The predicted octanol–water partition coefficient (Wildman–Crippen LogP) is 6.75. The first-order valence-corrected chi connectivity index (χ1v) is 18.3. The van der Waals surface area contributed by atoms with Crippen molar-refractivity contribution < 1.29 is 37.4 Å². The number of methoxy groups -OCH3 is 1. The molecule has 7 nitrogen and oxygen atoms in total. The minimum Gasteiger partial charge on any atom is -0.0463 e. The van der Waals surface area contributed by atoms with Crippen LogP contribution in [0.2, 0.25) is 4.82 Å². The summed E-state index contributed by atoms with van der Waals surface area (Å²) >= 11 is -0.0243. The van der Waals surface area contributed by atoms with E-state index in [9.17, 15) is 14.4 Å². The summed E-state index contributed by atoms with van der Waals surface area (Å²) < 4.78 is 48.3. The van der Waals surface area contributed by atoms with Crippen LogP contribution in [0.4, 0.5) is 0 Å². The van der Waals surface area contributed by atoms with E-state index in [-0.39, 0.29) is 74.2 Å². The van der Waals surface area contributed by atoms with Crippen molar-refractivity contribution in [2.24, 2.45) is 17.8 Å². The first kappa shape index (κ1) is 32.0. The average Bonchev–Trinajstić information content (AvgIpc) is 3.35. The van der Waals surface area contributed by atoms with E-state index in [1.165, 1.54) is 24.6 Å². The van der Waals surface area contributed by atoms with E-state index in [1.807, 2.05) is 31.2 Å². The van der Waals surface area contributed by atoms with Crippen molar-refractivity contribution in [2.75, 3.05) is 13.7 Å². The van der Waals surface area contributed by atoms with E-state index < -0.39 is 12.8 Å². The maximum atomic E-state index is 13.1. The molecule has 1 aliphatic carbocycles. The van der Waals surface area contributed by atoms with Gasteiger partial charge >= 0.3 is 214 Å². The minimum absolute atomic E-state index is 0.0243. The standard InChI is InChI=1S/C36H54O7Se/c1-5-6-15-26(2)24-28(38)21-22-31-30(32(42-27(3)37)25-33(31)43-35-20-13-14-23-41-35)18-11-8-12-19-34(36(39)40-4)44-29-16-9-7-10-17-29/h7,9-10,16-17,21-22,26,30-35H,5-6,8,11-15,18-20,23-25H2,1-4H3/b22-21+/t26-,30+,31+,32-,33+,34?,35?/m0/s1/i2D3. The smallest absolute Gasteiger partial charge is 0.0463 e. The van der Waals surface area contributed by atoms with Gasteiger partial charge in [0.25, 0.3) is 0 Å². The van der Waals surface area contributed by atoms with Crippen molar-refractivity contribution in [3.05, 3.63) is 42.5 Å². The van der Waals surface area contributed by atoms with Crippen LogP contribution in [0.1, 0.15) is 108 Å². The Bertz CT molecular complexity index is 1120. The Labute approximate surface area is 275 Å². The number of benzene rings is 1. The third-order valence-electron chi connectivity index (χ3n) is 8.50. The number of hydrogen-bond donors (Lipinski definition) is 0. The summed E-state index contributed by atoms with van der Waals surface area (Å²) in [6.07, 6.45) is 11.9. The Morgan fingerprint density at radius 3 is 2.59 bits per heavy atom. The Balaban J connectivity index is 1.70. The van der Waals surface area contributed by atoms with Gasteiger partial charge in [-0.05, 0) is 18.8 Å². The molecule has 2 unspecified atom stereocenters. The van der Waals surface area contributed by atoms with Crippen LogP contribution in [0.5, 0.6) is 0 Å². The zero-order chi connectivity index (χ0) is 34.2. The molecule has 0 amide bonds. The SMILES string of the molecule is [2H]C([2H])([2H])[C@@H](CCCC)CC(=O)/C=C/[C@@H]1[C@@H](CCCCCC([Se]c2ccccc2)C(=O)OC)[C@@H](OC(C)=O)C[C@H]1OC1CCCCO1. The minimum atomic E-state index is -2.19. The zero-order valence-electron chi connectivity index (χ0n) is 29.7.